The Balaban J connectivity index is 1.59. The molecular weight excluding hydrogens is 420 g/mol. The molecule has 3 amide bonds. The van der Waals surface area contributed by atoms with E-state index in [1.165, 1.54) is 16.1 Å². The molecule has 1 aliphatic rings. The lowest BCUT2D eigenvalue weighted by atomic mass is 9.75. The molecule has 170 valence electrons. The van der Waals surface area contributed by atoms with Gasteiger partial charge in [0.25, 0.3) is 0 Å². The molecule has 4 rings (SSSR count). The molecule has 1 aliphatic heterocycles. The Morgan fingerprint density at radius 1 is 1.15 bits per heavy atom. The highest BCUT2D eigenvalue weighted by Gasteiger charge is 2.53. The molecular formula is C25H26N4O4. The van der Waals surface area contributed by atoms with E-state index in [-0.39, 0.29) is 43.1 Å². The van der Waals surface area contributed by atoms with E-state index in [9.17, 15) is 14.4 Å². The van der Waals surface area contributed by atoms with Gasteiger partial charge in [-0.25, -0.2) is 0 Å². The first kappa shape index (κ1) is 22.4. The van der Waals surface area contributed by atoms with E-state index >= 15 is 0 Å². The zero-order valence-corrected chi connectivity index (χ0v) is 18.7. The van der Waals surface area contributed by atoms with Gasteiger partial charge in [0, 0.05) is 50.8 Å². The van der Waals surface area contributed by atoms with Crippen LogP contribution in [0.4, 0.5) is 0 Å². The Hall–Kier alpha value is -3.81. The molecule has 3 aromatic rings. The van der Waals surface area contributed by atoms with Gasteiger partial charge >= 0.3 is 0 Å². The van der Waals surface area contributed by atoms with Crippen LogP contribution in [0.3, 0.4) is 0 Å². The quantitative estimate of drug-likeness (QED) is 0.494. The zero-order valence-electron chi connectivity index (χ0n) is 18.7. The van der Waals surface area contributed by atoms with Crippen molar-refractivity contribution in [2.75, 3.05) is 13.6 Å². The van der Waals surface area contributed by atoms with Crippen molar-refractivity contribution in [1.29, 1.82) is 0 Å². The minimum atomic E-state index is -1.24. The van der Waals surface area contributed by atoms with E-state index in [0.29, 0.717) is 17.7 Å². The highest BCUT2D eigenvalue weighted by Crippen LogP contribution is 2.40. The summed E-state index contributed by atoms with van der Waals surface area (Å²) in [4.78, 5) is 47.1. The zero-order chi connectivity index (χ0) is 23.4. The van der Waals surface area contributed by atoms with Crippen LogP contribution in [0.15, 0.2) is 71.6 Å². The van der Waals surface area contributed by atoms with Crippen LogP contribution in [-0.4, -0.2) is 51.3 Å². The van der Waals surface area contributed by atoms with Gasteiger partial charge in [-0.2, -0.15) is 0 Å². The van der Waals surface area contributed by atoms with Gasteiger partial charge < -0.3 is 9.42 Å². The molecule has 2 atom stereocenters. The SMILES string of the molecule is C[C@H](c1ccon1)N(C)C(=O)C[C@@]1(c2ccccc2)CC(=O)N(CCc2ccccn2)C1=O. The number of likely N-dealkylation sites (tertiary alicyclic amines) is 1. The fraction of sp³-hybridized carbons (Fsp3) is 0.320. The summed E-state index contributed by atoms with van der Waals surface area (Å²) in [5, 5.41) is 3.92. The van der Waals surface area contributed by atoms with E-state index in [4.69, 9.17) is 4.52 Å². The fourth-order valence-electron chi connectivity index (χ4n) is 4.26. The summed E-state index contributed by atoms with van der Waals surface area (Å²) in [7, 11) is 1.67. The van der Waals surface area contributed by atoms with Crippen LogP contribution >= 0.6 is 0 Å². The molecule has 0 aliphatic carbocycles. The van der Waals surface area contributed by atoms with Gasteiger partial charge in [0.15, 0.2) is 0 Å². The molecule has 0 radical (unpaired) electrons. The Kier molecular flexibility index (Phi) is 6.35. The Morgan fingerprint density at radius 2 is 1.91 bits per heavy atom. The highest BCUT2D eigenvalue weighted by molar-refractivity contribution is 6.10. The molecule has 1 aromatic carbocycles. The third-order valence-corrected chi connectivity index (χ3v) is 6.37. The van der Waals surface area contributed by atoms with Gasteiger partial charge in [-0.05, 0) is 24.6 Å². The number of pyridine rings is 1. The third-order valence-electron chi connectivity index (χ3n) is 6.37. The van der Waals surface area contributed by atoms with Gasteiger partial charge in [-0.15, -0.1) is 0 Å². The summed E-state index contributed by atoms with van der Waals surface area (Å²) < 4.78 is 4.90. The van der Waals surface area contributed by atoms with Crippen LogP contribution in [0.5, 0.6) is 0 Å². The molecule has 33 heavy (non-hydrogen) atoms. The molecule has 0 spiro atoms. The smallest absolute Gasteiger partial charge is 0.240 e. The maximum absolute atomic E-state index is 13.7. The lowest BCUT2D eigenvalue weighted by Gasteiger charge is -2.31. The number of aromatic nitrogens is 2. The van der Waals surface area contributed by atoms with E-state index in [2.05, 4.69) is 10.1 Å². The number of carbonyl (C=O) groups excluding carboxylic acids is 3. The van der Waals surface area contributed by atoms with Crippen molar-refractivity contribution >= 4 is 17.7 Å². The van der Waals surface area contributed by atoms with Crippen molar-refractivity contribution in [3.63, 3.8) is 0 Å². The molecule has 2 aromatic heterocycles. The predicted octanol–water partition coefficient (Wildman–Crippen LogP) is 2.92. The van der Waals surface area contributed by atoms with E-state index in [1.807, 2.05) is 55.5 Å². The second-order valence-electron chi connectivity index (χ2n) is 8.33. The van der Waals surface area contributed by atoms with Crippen LogP contribution in [-0.2, 0) is 26.2 Å². The number of hydrogen-bond acceptors (Lipinski definition) is 6. The van der Waals surface area contributed by atoms with Gasteiger partial charge in [-0.1, -0.05) is 41.6 Å². The Morgan fingerprint density at radius 3 is 2.58 bits per heavy atom. The van der Waals surface area contributed by atoms with Gasteiger partial charge in [0.1, 0.15) is 12.0 Å². The lowest BCUT2D eigenvalue weighted by molar-refractivity contribution is -0.142. The van der Waals surface area contributed by atoms with Crippen molar-refractivity contribution in [3.8, 4) is 0 Å². The second-order valence-corrected chi connectivity index (χ2v) is 8.33. The Bertz CT molecular complexity index is 1120. The largest absolute Gasteiger partial charge is 0.364 e. The molecule has 0 unspecified atom stereocenters. The van der Waals surface area contributed by atoms with Crippen LogP contribution in [0.2, 0.25) is 0 Å². The molecule has 0 N–H and O–H groups in total. The maximum Gasteiger partial charge on any atom is 0.240 e. The average molecular weight is 447 g/mol. The number of rotatable bonds is 8. The van der Waals surface area contributed by atoms with Crippen molar-refractivity contribution in [3.05, 3.63) is 84.0 Å². The number of imide groups is 1. The monoisotopic (exact) mass is 446 g/mol. The van der Waals surface area contributed by atoms with E-state index < -0.39 is 5.41 Å². The fourth-order valence-corrected chi connectivity index (χ4v) is 4.26. The number of benzene rings is 1. The summed E-state index contributed by atoms with van der Waals surface area (Å²) in [6, 6.07) is 16.0. The number of nitrogens with zero attached hydrogens (tertiary/aromatic N) is 4. The highest BCUT2D eigenvalue weighted by atomic mass is 16.5. The molecule has 1 saturated heterocycles. The number of hydrogen-bond donors (Lipinski definition) is 0. The van der Waals surface area contributed by atoms with Crippen LogP contribution in [0.25, 0.3) is 0 Å². The predicted molar refractivity (Wildman–Crippen MR) is 120 cm³/mol. The maximum atomic E-state index is 13.7. The number of carbonyl (C=O) groups is 3. The molecule has 0 saturated carbocycles. The summed E-state index contributed by atoms with van der Waals surface area (Å²) in [6.07, 6.45) is 3.44. The van der Waals surface area contributed by atoms with Crippen LogP contribution in [0.1, 0.15) is 42.8 Å². The molecule has 0 bridgehead atoms. The average Bonchev–Trinajstić information content (AvgIpc) is 3.46. The van der Waals surface area contributed by atoms with Crippen molar-refractivity contribution in [2.45, 2.75) is 37.6 Å². The van der Waals surface area contributed by atoms with Gasteiger partial charge in [0.2, 0.25) is 17.7 Å². The third kappa shape index (κ3) is 4.41. The van der Waals surface area contributed by atoms with Crippen molar-refractivity contribution in [2.24, 2.45) is 0 Å². The summed E-state index contributed by atoms with van der Waals surface area (Å²) >= 11 is 0. The minimum Gasteiger partial charge on any atom is -0.364 e. The molecule has 3 heterocycles. The van der Waals surface area contributed by atoms with E-state index in [1.54, 1.807) is 19.3 Å². The van der Waals surface area contributed by atoms with Crippen LogP contribution < -0.4 is 0 Å². The summed E-state index contributed by atoms with van der Waals surface area (Å²) in [6.45, 7) is 2.06. The van der Waals surface area contributed by atoms with Crippen molar-refractivity contribution < 1.29 is 18.9 Å². The first-order valence-corrected chi connectivity index (χ1v) is 10.9. The van der Waals surface area contributed by atoms with Gasteiger partial charge in [-0.3, -0.25) is 24.3 Å². The number of amides is 3. The molecule has 1 fully saturated rings. The van der Waals surface area contributed by atoms with Crippen LogP contribution in [0, 0.1) is 0 Å². The molecule has 8 nitrogen and oxygen atoms in total. The topological polar surface area (TPSA) is 96.6 Å². The Labute approximate surface area is 192 Å². The first-order chi connectivity index (χ1) is 15.9. The summed E-state index contributed by atoms with van der Waals surface area (Å²) in [5.74, 6) is -0.868. The van der Waals surface area contributed by atoms with Gasteiger partial charge in [0.05, 0.1) is 11.5 Å². The lowest BCUT2D eigenvalue weighted by Crippen LogP contribution is -2.43. The summed E-state index contributed by atoms with van der Waals surface area (Å²) in [5.41, 5.74) is 0.842. The minimum absolute atomic E-state index is 0.0456. The molecule has 8 heteroatoms. The first-order valence-electron chi connectivity index (χ1n) is 10.9. The van der Waals surface area contributed by atoms with Crippen molar-refractivity contribution in [1.82, 2.24) is 19.9 Å². The second kappa shape index (κ2) is 9.36. The standard InChI is InChI=1S/C25H26N4O4/c1-18(21-12-15-33-27-21)28(2)22(30)16-25(19-8-4-3-5-9-19)17-23(31)29(24(25)32)14-11-20-10-6-7-13-26-20/h3-10,12-13,15,18H,11,14,16-17H2,1-2H3/t18-,25+/m1/s1. The van der Waals surface area contributed by atoms with E-state index in [0.717, 1.165) is 5.69 Å². The normalized spacial score (nSPS) is 19.0.